The summed E-state index contributed by atoms with van der Waals surface area (Å²) in [7, 11) is 0. The molecule has 0 aromatic rings. The normalized spacial score (nSPS) is 48.2. The molecular weight excluding hydrogens is 184 g/mol. The van der Waals surface area contributed by atoms with Gasteiger partial charge in [-0.25, -0.2) is 0 Å². The van der Waals surface area contributed by atoms with Crippen LogP contribution in [0.2, 0.25) is 0 Å². The molecular formula is C13H24N2. The number of likely N-dealkylation sites (tertiary alicyclic amines) is 1. The minimum atomic E-state index is 0.556. The summed E-state index contributed by atoms with van der Waals surface area (Å²) in [5.74, 6) is 2.02. The van der Waals surface area contributed by atoms with Gasteiger partial charge >= 0.3 is 0 Å². The SMILES string of the molecule is CC1(CN2CC3C(C2)C3(C)C)CCNC1. The van der Waals surface area contributed by atoms with Crippen LogP contribution in [0.25, 0.3) is 0 Å². The lowest BCUT2D eigenvalue weighted by Gasteiger charge is -2.31. The third kappa shape index (κ3) is 1.53. The predicted octanol–water partition coefficient (Wildman–Crippen LogP) is 1.57. The summed E-state index contributed by atoms with van der Waals surface area (Å²) in [5, 5.41) is 3.50. The highest BCUT2D eigenvalue weighted by molar-refractivity contribution is 5.12. The fraction of sp³-hybridized carbons (Fsp3) is 1.00. The highest BCUT2D eigenvalue weighted by atomic mass is 15.2. The molecule has 0 bridgehead atoms. The summed E-state index contributed by atoms with van der Waals surface area (Å²) in [6.45, 7) is 13.8. The van der Waals surface area contributed by atoms with Gasteiger partial charge in [0, 0.05) is 26.2 Å². The van der Waals surface area contributed by atoms with E-state index in [0.29, 0.717) is 10.8 Å². The maximum atomic E-state index is 3.50. The molecule has 0 aromatic heterocycles. The molecule has 15 heavy (non-hydrogen) atoms. The Bertz CT molecular complexity index is 252. The van der Waals surface area contributed by atoms with Crippen LogP contribution in [0.1, 0.15) is 27.2 Å². The molecule has 3 aliphatic rings. The van der Waals surface area contributed by atoms with E-state index in [9.17, 15) is 0 Å². The molecule has 3 unspecified atom stereocenters. The van der Waals surface area contributed by atoms with Crippen LogP contribution in [-0.2, 0) is 0 Å². The van der Waals surface area contributed by atoms with E-state index in [1.807, 2.05) is 0 Å². The minimum Gasteiger partial charge on any atom is -0.316 e. The molecule has 2 heterocycles. The first-order valence-corrected chi connectivity index (χ1v) is 6.44. The van der Waals surface area contributed by atoms with E-state index in [1.54, 1.807) is 0 Å². The van der Waals surface area contributed by atoms with Crippen molar-refractivity contribution in [2.24, 2.45) is 22.7 Å². The summed E-state index contributed by atoms with van der Waals surface area (Å²) < 4.78 is 0. The Hall–Kier alpha value is -0.0800. The molecule has 3 atom stereocenters. The largest absolute Gasteiger partial charge is 0.316 e. The van der Waals surface area contributed by atoms with Gasteiger partial charge in [0.2, 0.25) is 0 Å². The fourth-order valence-corrected chi connectivity index (χ4v) is 3.89. The van der Waals surface area contributed by atoms with Crippen LogP contribution < -0.4 is 5.32 Å². The Morgan fingerprint density at radius 1 is 1.20 bits per heavy atom. The molecule has 1 N–H and O–H groups in total. The standard InChI is InChI=1S/C13H24N2/c1-12(2)10-6-15(7-11(10)12)9-13(3)4-5-14-8-13/h10-11,14H,4-9H2,1-3H3. The minimum absolute atomic E-state index is 0.556. The molecule has 0 radical (unpaired) electrons. The van der Waals surface area contributed by atoms with Gasteiger partial charge < -0.3 is 10.2 Å². The lowest BCUT2D eigenvalue weighted by atomic mass is 9.89. The Kier molecular flexibility index (Phi) is 2.01. The maximum Gasteiger partial charge on any atom is 0.00482 e. The van der Waals surface area contributed by atoms with Crippen LogP contribution in [0.15, 0.2) is 0 Å². The zero-order chi connectivity index (χ0) is 10.7. The van der Waals surface area contributed by atoms with Crippen molar-refractivity contribution in [2.75, 3.05) is 32.7 Å². The Morgan fingerprint density at radius 3 is 2.40 bits per heavy atom. The van der Waals surface area contributed by atoms with Gasteiger partial charge in [-0.1, -0.05) is 20.8 Å². The fourth-order valence-electron chi connectivity index (χ4n) is 3.89. The van der Waals surface area contributed by atoms with Gasteiger partial charge in [0.25, 0.3) is 0 Å². The Labute approximate surface area is 93.4 Å². The van der Waals surface area contributed by atoms with Crippen LogP contribution in [0.4, 0.5) is 0 Å². The topological polar surface area (TPSA) is 15.3 Å². The number of nitrogens with one attached hydrogen (secondary N) is 1. The first-order chi connectivity index (χ1) is 7.01. The summed E-state index contributed by atoms with van der Waals surface area (Å²) in [6.07, 6.45) is 1.36. The van der Waals surface area contributed by atoms with Crippen molar-refractivity contribution in [3.63, 3.8) is 0 Å². The van der Waals surface area contributed by atoms with Crippen molar-refractivity contribution in [1.29, 1.82) is 0 Å². The Balaban J connectivity index is 1.55. The molecule has 2 aliphatic heterocycles. The van der Waals surface area contributed by atoms with E-state index in [1.165, 1.54) is 39.1 Å². The maximum absolute atomic E-state index is 3.50. The first kappa shape index (κ1) is 10.1. The molecule has 0 amide bonds. The number of hydrogen-bond donors (Lipinski definition) is 1. The van der Waals surface area contributed by atoms with Crippen LogP contribution in [0, 0.1) is 22.7 Å². The lowest BCUT2D eigenvalue weighted by Crippen LogP contribution is -2.38. The molecule has 2 saturated heterocycles. The zero-order valence-corrected chi connectivity index (χ0v) is 10.3. The summed E-state index contributed by atoms with van der Waals surface area (Å²) in [4.78, 5) is 2.72. The average Bonchev–Trinajstić information content (AvgIpc) is 2.65. The second-order valence-corrected chi connectivity index (χ2v) is 6.97. The highest BCUT2D eigenvalue weighted by Gasteiger charge is 2.61. The van der Waals surface area contributed by atoms with E-state index in [0.717, 1.165) is 11.8 Å². The number of piperidine rings is 1. The van der Waals surface area contributed by atoms with Crippen molar-refractivity contribution in [3.8, 4) is 0 Å². The van der Waals surface area contributed by atoms with Crippen LogP contribution in [-0.4, -0.2) is 37.6 Å². The third-order valence-electron chi connectivity index (χ3n) is 5.26. The van der Waals surface area contributed by atoms with Crippen LogP contribution in [0.3, 0.4) is 0 Å². The predicted molar refractivity (Wildman–Crippen MR) is 62.8 cm³/mol. The van der Waals surface area contributed by atoms with Crippen molar-refractivity contribution >= 4 is 0 Å². The quantitative estimate of drug-likeness (QED) is 0.741. The number of hydrogen-bond acceptors (Lipinski definition) is 2. The van der Waals surface area contributed by atoms with E-state index in [2.05, 4.69) is 31.0 Å². The van der Waals surface area contributed by atoms with E-state index in [4.69, 9.17) is 0 Å². The van der Waals surface area contributed by atoms with Gasteiger partial charge in [-0.15, -0.1) is 0 Å². The van der Waals surface area contributed by atoms with E-state index in [-0.39, 0.29) is 0 Å². The molecule has 0 aromatic carbocycles. The number of rotatable bonds is 2. The molecule has 1 aliphatic carbocycles. The van der Waals surface area contributed by atoms with Crippen molar-refractivity contribution in [1.82, 2.24) is 10.2 Å². The molecule has 3 rings (SSSR count). The van der Waals surface area contributed by atoms with Gasteiger partial charge in [0.15, 0.2) is 0 Å². The van der Waals surface area contributed by atoms with Gasteiger partial charge in [0.05, 0.1) is 0 Å². The molecule has 3 fully saturated rings. The zero-order valence-electron chi connectivity index (χ0n) is 10.3. The Morgan fingerprint density at radius 2 is 1.87 bits per heavy atom. The summed E-state index contributed by atoms with van der Waals surface area (Å²) >= 11 is 0. The highest BCUT2D eigenvalue weighted by Crippen LogP contribution is 2.62. The molecule has 2 heteroatoms. The molecule has 86 valence electrons. The van der Waals surface area contributed by atoms with Crippen molar-refractivity contribution in [3.05, 3.63) is 0 Å². The first-order valence-electron chi connectivity index (χ1n) is 6.44. The molecule has 1 saturated carbocycles. The lowest BCUT2D eigenvalue weighted by molar-refractivity contribution is 0.174. The number of fused-ring (bicyclic) bond motifs is 1. The molecule has 2 nitrogen and oxygen atoms in total. The van der Waals surface area contributed by atoms with Gasteiger partial charge in [0.1, 0.15) is 0 Å². The van der Waals surface area contributed by atoms with Gasteiger partial charge in [-0.05, 0) is 35.6 Å². The van der Waals surface area contributed by atoms with E-state index >= 15 is 0 Å². The summed E-state index contributed by atoms with van der Waals surface area (Å²) in [5.41, 5.74) is 1.23. The van der Waals surface area contributed by atoms with Gasteiger partial charge in [-0.3, -0.25) is 0 Å². The van der Waals surface area contributed by atoms with Crippen molar-refractivity contribution < 1.29 is 0 Å². The van der Waals surface area contributed by atoms with Gasteiger partial charge in [-0.2, -0.15) is 0 Å². The monoisotopic (exact) mass is 208 g/mol. The second kappa shape index (κ2) is 2.98. The average molecular weight is 208 g/mol. The number of nitrogens with zero attached hydrogens (tertiary/aromatic N) is 1. The van der Waals surface area contributed by atoms with Crippen LogP contribution >= 0.6 is 0 Å². The van der Waals surface area contributed by atoms with E-state index < -0.39 is 0 Å². The van der Waals surface area contributed by atoms with Crippen LogP contribution in [0.5, 0.6) is 0 Å². The van der Waals surface area contributed by atoms with Crippen molar-refractivity contribution in [2.45, 2.75) is 27.2 Å². The smallest absolute Gasteiger partial charge is 0.00482 e. The summed E-state index contributed by atoms with van der Waals surface area (Å²) in [6, 6.07) is 0. The third-order valence-corrected chi connectivity index (χ3v) is 5.26. The molecule has 0 spiro atoms. The second-order valence-electron chi connectivity index (χ2n) is 6.97.